The number of esters is 1. The maximum Gasteiger partial charge on any atom is 0.311 e. The Morgan fingerprint density at radius 3 is 1.94 bits per heavy atom. The summed E-state index contributed by atoms with van der Waals surface area (Å²) in [5.74, 6) is -1.10. The molecule has 0 aromatic heterocycles. The van der Waals surface area contributed by atoms with Crippen LogP contribution in [0.1, 0.15) is 34.6 Å². The van der Waals surface area contributed by atoms with Gasteiger partial charge >= 0.3 is 5.97 Å². The van der Waals surface area contributed by atoms with Crippen molar-refractivity contribution in [2.75, 3.05) is 6.26 Å². The normalized spacial score (nSPS) is 16.6. The van der Waals surface area contributed by atoms with Gasteiger partial charge in [-0.15, -0.1) is 0 Å². The second-order valence-electron chi connectivity index (χ2n) is 4.83. The van der Waals surface area contributed by atoms with Crippen LogP contribution in [0.5, 0.6) is 0 Å². The molecule has 6 heteroatoms. The highest BCUT2D eigenvalue weighted by molar-refractivity contribution is 7.86. The van der Waals surface area contributed by atoms with Crippen molar-refractivity contribution in [3.05, 3.63) is 0 Å². The van der Waals surface area contributed by atoms with Gasteiger partial charge in [0.05, 0.1) is 18.3 Å². The molecule has 2 atom stereocenters. The molecule has 0 aromatic rings. The summed E-state index contributed by atoms with van der Waals surface area (Å²) < 4.78 is 31.6. The van der Waals surface area contributed by atoms with Crippen LogP contribution < -0.4 is 0 Å². The van der Waals surface area contributed by atoms with Gasteiger partial charge in [0.15, 0.2) is 0 Å². The van der Waals surface area contributed by atoms with E-state index in [1.54, 1.807) is 27.7 Å². The monoisotopic (exact) mass is 252 g/mol. The molecule has 0 spiro atoms. The third-order valence-electron chi connectivity index (χ3n) is 1.81. The lowest BCUT2D eigenvalue weighted by molar-refractivity contribution is -0.162. The van der Waals surface area contributed by atoms with Crippen LogP contribution in [0.3, 0.4) is 0 Å². The summed E-state index contributed by atoms with van der Waals surface area (Å²) >= 11 is 0. The minimum atomic E-state index is -3.55. The SMILES string of the molecule is CC(OS(C)(=O)=O)C(C)C(=O)OC(C)(C)C. The number of ether oxygens (including phenoxy) is 1. The Bertz CT molecular complexity index is 339. The summed E-state index contributed by atoms with van der Waals surface area (Å²) in [4.78, 5) is 11.6. The van der Waals surface area contributed by atoms with E-state index in [-0.39, 0.29) is 0 Å². The van der Waals surface area contributed by atoms with Crippen LogP contribution in [-0.2, 0) is 23.8 Å². The summed E-state index contributed by atoms with van der Waals surface area (Å²) in [7, 11) is -3.55. The molecule has 0 rings (SSSR count). The van der Waals surface area contributed by atoms with Crippen LogP contribution in [0.25, 0.3) is 0 Å². The molecule has 0 aliphatic heterocycles. The molecule has 2 unspecified atom stereocenters. The number of rotatable bonds is 4. The van der Waals surface area contributed by atoms with Crippen molar-refractivity contribution < 1.29 is 22.1 Å². The molecular weight excluding hydrogens is 232 g/mol. The van der Waals surface area contributed by atoms with Gasteiger partial charge in [0, 0.05) is 0 Å². The second-order valence-corrected chi connectivity index (χ2v) is 6.43. The average Bonchev–Trinajstić information content (AvgIpc) is 1.96. The first kappa shape index (κ1) is 15.4. The predicted molar refractivity (Wildman–Crippen MR) is 60.4 cm³/mol. The van der Waals surface area contributed by atoms with Crippen molar-refractivity contribution in [1.82, 2.24) is 0 Å². The maximum absolute atomic E-state index is 11.6. The van der Waals surface area contributed by atoms with Crippen LogP contribution in [0.2, 0.25) is 0 Å². The van der Waals surface area contributed by atoms with E-state index in [2.05, 4.69) is 0 Å². The molecule has 0 aliphatic rings. The Morgan fingerprint density at radius 1 is 1.19 bits per heavy atom. The highest BCUT2D eigenvalue weighted by Gasteiger charge is 2.28. The lowest BCUT2D eigenvalue weighted by atomic mass is 10.1. The number of hydrogen-bond acceptors (Lipinski definition) is 5. The molecule has 0 saturated carbocycles. The van der Waals surface area contributed by atoms with Gasteiger partial charge in [-0.1, -0.05) is 0 Å². The smallest absolute Gasteiger partial charge is 0.311 e. The van der Waals surface area contributed by atoms with Crippen molar-refractivity contribution in [2.45, 2.75) is 46.3 Å². The lowest BCUT2D eigenvalue weighted by Crippen LogP contribution is -2.34. The van der Waals surface area contributed by atoms with Gasteiger partial charge in [0.2, 0.25) is 0 Å². The molecule has 0 bridgehead atoms. The molecule has 0 N–H and O–H groups in total. The van der Waals surface area contributed by atoms with Crippen LogP contribution >= 0.6 is 0 Å². The summed E-state index contributed by atoms with van der Waals surface area (Å²) in [6.07, 6.45) is 0.218. The van der Waals surface area contributed by atoms with Crippen molar-refractivity contribution >= 4 is 16.1 Å². The molecule has 16 heavy (non-hydrogen) atoms. The fraction of sp³-hybridized carbons (Fsp3) is 0.900. The first-order valence-corrected chi connectivity index (χ1v) is 6.85. The quantitative estimate of drug-likeness (QED) is 0.557. The van der Waals surface area contributed by atoms with Crippen molar-refractivity contribution in [2.24, 2.45) is 5.92 Å². The van der Waals surface area contributed by atoms with E-state index in [1.165, 1.54) is 6.92 Å². The molecule has 0 saturated heterocycles. The molecule has 0 amide bonds. The molecule has 0 aliphatic carbocycles. The van der Waals surface area contributed by atoms with Gasteiger partial charge in [-0.25, -0.2) is 0 Å². The Morgan fingerprint density at radius 2 is 1.62 bits per heavy atom. The van der Waals surface area contributed by atoms with E-state index in [0.29, 0.717) is 0 Å². The Labute approximate surface area is 97.2 Å². The molecular formula is C10H20O5S. The Kier molecular flexibility index (Phi) is 4.94. The summed E-state index contributed by atoms with van der Waals surface area (Å²) in [5, 5.41) is 0. The van der Waals surface area contributed by atoms with E-state index in [1.807, 2.05) is 0 Å². The Hall–Kier alpha value is -0.620. The minimum Gasteiger partial charge on any atom is -0.460 e. The molecule has 0 radical (unpaired) electrons. The predicted octanol–water partition coefficient (Wildman–Crippen LogP) is 1.33. The molecule has 0 heterocycles. The van der Waals surface area contributed by atoms with Gasteiger partial charge in [0.25, 0.3) is 10.1 Å². The maximum atomic E-state index is 11.6. The van der Waals surface area contributed by atoms with E-state index < -0.39 is 33.7 Å². The van der Waals surface area contributed by atoms with Gasteiger partial charge in [-0.05, 0) is 34.6 Å². The second kappa shape index (κ2) is 5.14. The number of carbonyl (C=O) groups is 1. The number of carbonyl (C=O) groups excluding carboxylic acids is 1. The zero-order valence-corrected chi connectivity index (χ0v) is 11.4. The molecule has 5 nitrogen and oxygen atoms in total. The van der Waals surface area contributed by atoms with Gasteiger partial charge in [-0.3, -0.25) is 8.98 Å². The zero-order valence-electron chi connectivity index (χ0n) is 10.6. The van der Waals surface area contributed by atoms with Crippen LogP contribution in [0, 0.1) is 5.92 Å². The van der Waals surface area contributed by atoms with Crippen molar-refractivity contribution in [1.29, 1.82) is 0 Å². The number of hydrogen-bond donors (Lipinski definition) is 0. The van der Waals surface area contributed by atoms with Crippen LogP contribution in [0.15, 0.2) is 0 Å². The van der Waals surface area contributed by atoms with E-state index >= 15 is 0 Å². The summed E-state index contributed by atoms with van der Waals surface area (Å²) in [6, 6.07) is 0. The molecule has 96 valence electrons. The molecule has 0 aromatic carbocycles. The largest absolute Gasteiger partial charge is 0.460 e. The lowest BCUT2D eigenvalue weighted by Gasteiger charge is -2.24. The van der Waals surface area contributed by atoms with Gasteiger partial charge < -0.3 is 4.74 Å². The summed E-state index contributed by atoms with van der Waals surface area (Å²) in [5.41, 5.74) is -0.587. The van der Waals surface area contributed by atoms with Crippen molar-refractivity contribution in [3.8, 4) is 0 Å². The summed E-state index contributed by atoms with van der Waals surface area (Å²) in [6.45, 7) is 8.35. The fourth-order valence-electron chi connectivity index (χ4n) is 0.945. The third kappa shape index (κ3) is 6.79. The van der Waals surface area contributed by atoms with E-state index in [4.69, 9.17) is 8.92 Å². The van der Waals surface area contributed by atoms with E-state index in [0.717, 1.165) is 6.26 Å². The van der Waals surface area contributed by atoms with Crippen molar-refractivity contribution in [3.63, 3.8) is 0 Å². The minimum absolute atomic E-state index is 0.469. The first-order valence-electron chi connectivity index (χ1n) is 5.03. The average molecular weight is 252 g/mol. The molecule has 0 fully saturated rings. The zero-order chi connectivity index (χ0) is 13.1. The van der Waals surface area contributed by atoms with Crippen LogP contribution in [-0.4, -0.2) is 32.3 Å². The van der Waals surface area contributed by atoms with Crippen LogP contribution in [0.4, 0.5) is 0 Å². The third-order valence-corrected chi connectivity index (χ3v) is 2.46. The fourth-order valence-corrected chi connectivity index (χ4v) is 1.66. The van der Waals surface area contributed by atoms with E-state index in [9.17, 15) is 13.2 Å². The standard InChI is InChI=1S/C10H20O5S/c1-7(8(2)15-16(6,12)13)9(11)14-10(3,4)5/h7-8H,1-6H3. The highest BCUT2D eigenvalue weighted by atomic mass is 32.2. The topological polar surface area (TPSA) is 69.7 Å². The van der Waals surface area contributed by atoms with Gasteiger partial charge in [-0.2, -0.15) is 8.42 Å². The Balaban J connectivity index is 4.45. The first-order chi connectivity index (χ1) is 6.92. The van der Waals surface area contributed by atoms with Gasteiger partial charge in [0.1, 0.15) is 5.60 Å². The highest BCUT2D eigenvalue weighted by Crippen LogP contribution is 2.16.